The summed E-state index contributed by atoms with van der Waals surface area (Å²) >= 11 is 0. The molecule has 0 bridgehead atoms. The highest BCUT2D eigenvalue weighted by Gasteiger charge is 2.27. The molecular formula is C11H16N4O2. The fraction of sp³-hybridized carbons (Fsp3) is 0.364. The van der Waals surface area contributed by atoms with Crippen LogP contribution in [0, 0.1) is 0 Å². The Labute approximate surface area is 99.6 Å². The van der Waals surface area contributed by atoms with Gasteiger partial charge in [0.1, 0.15) is 11.4 Å². The summed E-state index contributed by atoms with van der Waals surface area (Å²) in [6, 6.07) is 3.29. The van der Waals surface area contributed by atoms with Gasteiger partial charge in [-0.05, 0) is 26.0 Å². The predicted molar refractivity (Wildman–Crippen MR) is 64.5 cm³/mol. The summed E-state index contributed by atoms with van der Waals surface area (Å²) in [6.07, 6.45) is 1.43. The van der Waals surface area contributed by atoms with Gasteiger partial charge in [-0.25, -0.2) is 4.98 Å². The fourth-order valence-corrected chi connectivity index (χ4v) is 1.09. The normalized spacial score (nSPS) is 10.8. The zero-order chi connectivity index (χ0) is 13.1. The van der Waals surface area contributed by atoms with E-state index in [2.05, 4.69) is 15.6 Å². The molecule has 17 heavy (non-hydrogen) atoms. The van der Waals surface area contributed by atoms with E-state index in [9.17, 15) is 9.59 Å². The molecule has 0 fully saturated rings. The SMILES string of the molecule is CNc1ccc(C(=O)NC(C)(C)C(N)=O)cn1. The first kappa shape index (κ1) is 13.0. The van der Waals surface area contributed by atoms with Crippen LogP contribution in [0.3, 0.4) is 0 Å². The van der Waals surface area contributed by atoms with Crippen LogP contribution < -0.4 is 16.4 Å². The van der Waals surface area contributed by atoms with Crippen molar-refractivity contribution >= 4 is 17.6 Å². The van der Waals surface area contributed by atoms with Gasteiger partial charge in [0.2, 0.25) is 5.91 Å². The van der Waals surface area contributed by atoms with Crippen LogP contribution >= 0.6 is 0 Å². The Bertz CT molecular complexity index is 426. The van der Waals surface area contributed by atoms with E-state index in [4.69, 9.17) is 5.73 Å². The highest BCUT2D eigenvalue weighted by atomic mass is 16.2. The third kappa shape index (κ3) is 3.17. The van der Waals surface area contributed by atoms with Gasteiger partial charge in [-0.1, -0.05) is 0 Å². The molecule has 0 aromatic carbocycles. The van der Waals surface area contributed by atoms with Gasteiger partial charge < -0.3 is 16.4 Å². The molecule has 6 nitrogen and oxygen atoms in total. The molecule has 6 heteroatoms. The minimum absolute atomic E-state index is 0.373. The molecule has 0 radical (unpaired) electrons. The standard InChI is InChI=1S/C11H16N4O2/c1-11(2,10(12)17)15-9(16)7-4-5-8(13-3)14-6-7/h4-6H,1-3H3,(H2,12,17)(H,13,14)(H,15,16). The van der Waals surface area contributed by atoms with E-state index in [1.54, 1.807) is 33.0 Å². The van der Waals surface area contributed by atoms with Crippen LogP contribution in [0.25, 0.3) is 0 Å². The molecule has 0 unspecified atom stereocenters. The molecule has 0 aliphatic heterocycles. The van der Waals surface area contributed by atoms with Gasteiger partial charge in [0.15, 0.2) is 0 Å². The van der Waals surface area contributed by atoms with Gasteiger partial charge in [-0.2, -0.15) is 0 Å². The van der Waals surface area contributed by atoms with Crippen molar-refractivity contribution in [3.8, 4) is 0 Å². The smallest absolute Gasteiger partial charge is 0.253 e. The van der Waals surface area contributed by atoms with Gasteiger partial charge >= 0.3 is 0 Å². The average molecular weight is 236 g/mol. The Morgan fingerprint density at radius 3 is 2.41 bits per heavy atom. The van der Waals surface area contributed by atoms with Crippen LogP contribution in [0.1, 0.15) is 24.2 Å². The monoisotopic (exact) mass is 236 g/mol. The average Bonchev–Trinajstić information content (AvgIpc) is 2.28. The van der Waals surface area contributed by atoms with E-state index in [1.807, 2.05) is 0 Å². The van der Waals surface area contributed by atoms with E-state index in [0.29, 0.717) is 11.4 Å². The van der Waals surface area contributed by atoms with Gasteiger partial charge in [-0.3, -0.25) is 9.59 Å². The maximum absolute atomic E-state index is 11.8. The molecule has 1 aromatic heterocycles. The number of primary amides is 1. The third-order valence-electron chi connectivity index (χ3n) is 2.32. The van der Waals surface area contributed by atoms with Crippen LogP contribution in [0.4, 0.5) is 5.82 Å². The number of carbonyl (C=O) groups is 2. The van der Waals surface area contributed by atoms with Crippen molar-refractivity contribution in [3.63, 3.8) is 0 Å². The number of carbonyl (C=O) groups excluding carboxylic acids is 2. The summed E-state index contributed by atoms with van der Waals surface area (Å²) in [5.74, 6) is -0.315. The number of anilines is 1. The number of nitrogens with two attached hydrogens (primary N) is 1. The van der Waals surface area contributed by atoms with Gasteiger partial charge in [-0.15, -0.1) is 0 Å². The number of nitrogens with one attached hydrogen (secondary N) is 2. The lowest BCUT2D eigenvalue weighted by Gasteiger charge is -2.22. The predicted octanol–water partition coefficient (Wildman–Crippen LogP) is 0.117. The lowest BCUT2D eigenvalue weighted by Crippen LogP contribution is -2.53. The number of amides is 2. The molecule has 2 amide bonds. The van der Waals surface area contributed by atoms with E-state index in [1.165, 1.54) is 6.20 Å². The van der Waals surface area contributed by atoms with Crippen molar-refractivity contribution in [1.82, 2.24) is 10.3 Å². The molecule has 0 spiro atoms. The number of pyridine rings is 1. The first-order valence-corrected chi connectivity index (χ1v) is 5.13. The highest BCUT2D eigenvalue weighted by molar-refractivity contribution is 5.98. The van der Waals surface area contributed by atoms with Crippen LogP contribution in [0.15, 0.2) is 18.3 Å². The molecule has 92 valence electrons. The zero-order valence-electron chi connectivity index (χ0n) is 10.1. The zero-order valence-corrected chi connectivity index (χ0v) is 10.1. The number of hydrogen-bond donors (Lipinski definition) is 3. The van der Waals surface area contributed by atoms with Gasteiger partial charge in [0.05, 0.1) is 5.56 Å². The van der Waals surface area contributed by atoms with Crippen molar-refractivity contribution in [2.75, 3.05) is 12.4 Å². The van der Waals surface area contributed by atoms with E-state index >= 15 is 0 Å². The molecular weight excluding hydrogens is 220 g/mol. The van der Waals surface area contributed by atoms with Crippen LogP contribution in [0.2, 0.25) is 0 Å². The second-order valence-electron chi connectivity index (χ2n) is 4.13. The first-order valence-electron chi connectivity index (χ1n) is 5.13. The molecule has 0 aliphatic rings. The first-order chi connectivity index (χ1) is 7.86. The van der Waals surface area contributed by atoms with Crippen LogP contribution in [-0.2, 0) is 4.79 Å². The summed E-state index contributed by atoms with van der Waals surface area (Å²) in [7, 11) is 1.73. The molecule has 1 rings (SSSR count). The molecule has 0 saturated carbocycles. The van der Waals surface area contributed by atoms with Crippen molar-refractivity contribution in [2.24, 2.45) is 5.73 Å². The minimum Gasteiger partial charge on any atom is -0.373 e. The fourth-order valence-electron chi connectivity index (χ4n) is 1.09. The van der Waals surface area contributed by atoms with Crippen molar-refractivity contribution < 1.29 is 9.59 Å². The molecule has 0 aliphatic carbocycles. The number of hydrogen-bond acceptors (Lipinski definition) is 4. The maximum atomic E-state index is 11.8. The van der Waals surface area contributed by atoms with Crippen molar-refractivity contribution in [3.05, 3.63) is 23.9 Å². The summed E-state index contributed by atoms with van der Waals surface area (Å²) in [5.41, 5.74) is 4.45. The van der Waals surface area contributed by atoms with E-state index < -0.39 is 11.4 Å². The number of aromatic nitrogens is 1. The van der Waals surface area contributed by atoms with E-state index in [-0.39, 0.29) is 5.91 Å². The van der Waals surface area contributed by atoms with Crippen LogP contribution in [-0.4, -0.2) is 29.4 Å². The Morgan fingerprint density at radius 1 is 1.35 bits per heavy atom. The largest absolute Gasteiger partial charge is 0.373 e. The Balaban J connectivity index is 2.80. The lowest BCUT2D eigenvalue weighted by molar-refractivity contribution is -0.122. The summed E-state index contributed by atoms with van der Waals surface area (Å²) in [5, 5.41) is 5.38. The Hall–Kier alpha value is -2.11. The molecule has 1 heterocycles. The van der Waals surface area contributed by atoms with Crippen molar-refractivity contribution in [1.29, 1.82) is 0 Å². The maximum Gasteiger partial charge on any atom is 0.253 e. The van der Waals surface area contributed by atoms with Crippen LogP contribution in [0.5, 0.6) is 0 Å². The lowest BCUT2D eigenvalue weighted by atomic mass is 10.0. The second-order valence-corrected chi connectivity index (χ2v) is 4.13. The Kier molecular flexibility index (Phi) is 3.67. The Morgan fingerprint density at radius 2 is 2.00 bits per heavy atom. The summed E-state index contributed by atoms with van der Waals surface area (Å²) < 4.78 is 0. The molecule has 1 aromatic rings. The van der Waals surface area contributed by atoms with Crippen molar-refractivity contribution in [2.45, 2.75) is 19.4 Å². The number of rotatable bonds is 4. The highest BCUT2D eigenvalue weighted by Crippen LogP contribution is 2.07. The second kappa shape index (κ2) is 4.82. The van der Waals surface area contributed by atoms with Gasteiger partial charge in [0.25, 0.3) is 5.91 Å². The molecule has 0 saturated heterocycles. The molecule has 4 N–H and O–H groups in total. The molecule has 0 atom stereocenters. The third-order valence-corrected chi connectivity index (χ3v) is 2.32. The summed E-state index contributed by atoms with van der Waals surface area (Å²) in [6.45, 7) is 3.09. The topological polar surface area (TPSA) is 97.1 Å². The van der Waals surface area contributed by atoms with Gasteiger partial charge in [0, 0.05) is 13.2 Å². The number of nitrogens with zero attached hydrogens (tertiary/aromatic N) is 1. The van der Waals surface area contributed by atoms with E-state index in [0.717, 1.165) is 0 Å². The quantitative estimate of drug-likeness (QED) is 0.691. The summed E-state index contributed by atoms with van der Waals surface area (Å²) in [4.78, 5) is 26.9. The minimum atomic E-state index is -1.08.